The maximum atomic E-state index is 2.30. The summed E-state index contributed by atoms with van der Waals surface area (Å²) in [5.41, 5.74) is 0. The Morgan fingerprint density at radius 1 is 0.500 bits per heavy atom. The minimum atomic E-state index is 0.992. The molecular formula is C22H44S2. The van der Waals surface area contributed by atoms with E-state index in [1.807, 2.05) is 0 Å². The second-order valence-corrected chi connectivity index (χ2v) is 10.5. The summed E-state index contributed by atoms with van der Waals surface area (Å²) >= 11 is 4.59. The lowest BCUT2D eigenvalue weighted by Gasteiger charge is -2.27. The quantitative estimate of drug-likeness (QED) is 0.249. The van der Waals surface area contributed by atoms with Crippen LogP contribution in [-0.2, 0) is 0 Å². The van der Waals surface area contributed by atoms with E-state index in [1.54, 1.807) is 0 Å². The molecule has 0 amide bonds. The smallest absolute Gasteiger partial charge is 0.00478 e. The van der Waals surface area contributed by atoms with Crippen LogP contribution in [0.25, 0.3) is 0 Å². The molecule has 0 saturated heterocycles. The molecule has 144 valence electrons. The van der Waals surface area contributed by atoms with Crippen LogP contribution in [0.3, 0.4) is 0 Å². The van der Waals surface area contributed by atoms with Gasteiger partial charge in [0.25, 0.3) is 0 Å². The van der Waals surface area contributed by atoms with Crippen molar-refractivity contribution in [2.75, 3.05) is 11.5 Å². The van der Waals surface area contributed by atoms with E-state index in [9.17, 15) is 0 Å². The molecule has 1 aliphatic carbocycles. The minimum absolute atomic E-state index is 0.992. The van der Waals surface area contributed by atoms with Crippen LogP contribution in [0, 0.1) is 0 Å². The Labute approximate surface area is 162 Å². The molecule has 0 spiro atoms. The zero-order valence-corrected chi connectivity index (χ0v) is 18.3. The van der Waals surface area contributed by atoms with E-state index in [0.29, 0.717) is 0 Å². The Bertz CT molecular complexity index is 220. The fraction of sp³-hybridized carbons (Fsp3) is 1.00. The fourth-order valence-corrected chi connectivity index (χ4v) is 6.25. The lowest BCUT2D eigenvalue weighted by atomic mass is 10.00. The summed E-state index contributed by atoms with van der Waals surface area (Å²) in [7, 11) is 0. The van der Waals surface area contributed by atoms with E-state index >= 15 is 0 Å². The zero-order chi connectivity index (χ0) is 17.3. The fourth-order valence-electron chi connectivity index (χ4n) is 3.63. The van der Waals surface area contributed by atoms with Crippen LogP contribution in [0.4, 0.5) is 0 Å². The molecule has 0 aromatic rings. The summed E-state index contributed by atoms with van der Waals surface area (Å²) in [6.07, 6.45) is 23.3. The van der Waals surface area contributed by atoms with Gasteiger partial charge in [0.2, 0.25) is 0 Å². The summed E-state index contributed by atoms with van der Waals surface area (Å²) < 4.78 is 0. The highest BCUT2D eigenvalue weighted by atomic mass is 32.2. The predicted octanol–water partition coefficient (Wildman–Crippen LogP) is 8.49. The maximum Gasteiger partial charge on any atom is 0.00478 e. The van der Waals surface area contributed by atoms with E-state index in [0.717, 1.165) is 10.5 Å². The second kappa shape index (κ2) is 17.1. The molecule has 24 heavy (non-hydrogen) atoms. The van der Waals surface area contributed by atoms with Crippen LogP contribution in [0.2, 0.25) is 0 Å². The van der Waals surface area contributed by atoms with Gasteiger partial charge in [-0.2, -0.15) is 23.5 Å². The van der Waals surface area contributed by atoms with Crippen molar-refractivity contribution >= 4 is 23.5 Å². The number of hydrogen-bond acceptors (Lipinski definition) is 2. The van der Waals surface area contributed by atoms with Crippen LogP contribution < -0.4 is 0 Å². The first kappa shape index (κ1) is 22.7. The second-order valence-electron chi connectivity index (χ2n) is 7.68. The van der Waals surface area contributed by atoms with Gasteiger partial charge in [0.1, 0.15) is 0 Å². The third kappa shape index (κ3) is 13.0. The first-order chi connectivity index (χ1) is 11.9. The summed E-state index contributed by atoms with van der Waals surface area (Å²) in [6, 6.07) is 0. The van der Waals surface area contributed by atoms with Gasteiger partial charge >= 0.3 is 0 Å². The van der Waals surface area contributed by atoms with Gasteiger partial charge < -0.3 is 0 Å². The Balaban J connectivity index is 1.85. The zero-order valence-electron chi connectivity index (χ0n) is 16.7. The van der Waals surface area contributed by atoms with Crippen molar-refractivity contribution in [2.24, 2.45) is 0 Å². The number of thioether (sulfide) groups is 2. The van der Waals surface area contributed by atoms with E-state index < -0.39 is 0 Å². The largest absolute Gasteiger partial charge is 0.159 e. The van der Waals surface area contributed by atoms with Crippen molar-refractivity contribution in [2.45, 2.75) is 127 Å². The standard InChI is InChI=1S/C22H44S2/c1-3-5-7-9-11-13-19-23-21-15-17-22(18-16-21)24-20-14-12-10-8-6-4-2/h21-22H,3-20H2,1-2H3. The molecule has 0 atom stereocenters. The Kier molecular flexibility index (Phi) is 16.2. The molecule has 1 saturated carbocycles. The highest BCUT2D eigenvalue weighted by Gasteiger charge is 2.21. The summed E-state index contributed by atoms with van der Waals surface area (Å²) in [5.74, 6) is 2.85. The number of rotatable bonds is 16. The predicted molar refractivity (Wildman–Crippen MR) is 118 cm³/mol. The molecule has 0 aromatic carbocycles. The lowest BCUT2D eigenvalue weighted by molar-refractivity contribution is 0.527. The van der Waals surface area contributed by atoms with Gasteiger partial charge in [0.05, 0.1) is 0 Å². The molecule has 1 aliphatic rings. The molecule has 0 bridgehead atoms. The molecule has 1 rings (SSSR count). The van der Waals surface area contributed by atoms with Crippen LogP contribution in [-0.4, -0.2) is 22.0 Å². The van der Waals surface area contributed by atoms with Crippen molar-refractivity contribution in [1.29, 1.82) is 0 Å². The summed E-state index contributed by atoms with van der Waals surface area (Å²) in [5, 5.41) is 1.98. The van der Waals surface area contributed by atoms with Crippen molar-refractivity contribution in [3.63, 3.8) is 0 Å². The van der Waals surface area contributed by atoms with Crippen LogP contribution in [0.1, 0.15) is 117 Å². The third-order valence-corrected chi connectivity index (χ3v) is 8.26. The number of hydrogen-bond donors (Lipinski definition) is 0. The average molecular weight is 373 g/mol. The van der Waals surface area contributed by atoms with Crippen molar-refractivity contribution < 1.29 is 0 Å². The maximum absolute atomic E-state index is 2.30. The first-order valence-electron chi connectivity index (χ1n) is 11.1. The van der Waals surface area contributed by atoms with Crippen molar-refractivity contribution in [3.8, 4) is 0 Å². The van der Waals surface area contributed by atoms with Gasteiger partial charge in [-0.05, 0) is 50.0 Å². The third-order valence-electron chi connectivity index (χ3n) is 5.32. The molecule has 0 radical (unpaired) electrons. The van der Waals surface area contributed by atoms with Gasteiger partial charge in [-0.1, -0.05) is 78.1 Å². The molecule has 1 fully saturated rings. The Morgan fingerprint density at radius 3 is 1.21 bits per heavy atom. The molecule has 0 unspecified atom stereocenters. The monoisotopic (exact) mass is 372 g/mol. The van der Waals surface area contributed by atoms with E-state index in [-0.39, 0.29) is 0 Å². The van der Waals surface area contributed by atoms with Gasteiger partial charge in [0.15, 0.2) is 0 Å². The molecule has 2 heteroatoms. The minimum Gasteiger partial charge on any atom is -0.159 e. The number of unbranched alkanes of at least 4 members (excludes halogenated alkanes) is 10. The summed E-state index contributed by atoms with van der Waals surface area (Å²) in [4.78, 5) is 0. The average Bonchev–Trinajstić information content (AvgIpc) is 2.61. The molecule has 0 N–H and O–H groups in total. The van der Waals surface area contributed by atoms with Crippen molar-refractivity contribution in [1.82, 2.24) is 0 Å². The lowest BCUT2D eigenvalue weighted by Crippen LogP contribution is -2.18. The van der Waals surface area contributed by atoms with Gasteiger partial charge in [0, 0.05) is 10.5 Å². The van der Waals surface area contributed by atoms with E-state index in [4.69, 9.17) is 0 Å². The Morgan fingerprint density at radius 2 is 0.833 bits per heavy atom. The van der Waals surface area contributed by atoms with E-state index in [2.05, 4.69) is 37.4 Å². The summed E-state index contributed by atoms with van der Waals surface area (Å²) in [6.45, 7) is 4.61. The van der Waals surface area contributed by atoms with Gasteiger partial charge in [-0.15, -0.1) is 0 Å². The highest BCUT2D eigenvalue weighted by molar-refractivity contribution is 8.00. The van der Waals surface area contributed by atoms with Crippen LogP contribution in [0.15, 0.2) is 0 Å². The van der Waals surface area contributed by atoms with E-state index in [1.165, 1.54) is 114 Å². The first-order valence-corrected chi connectivity index (χ1v) is 13.2. The van der Waals surface area contributed by atoms with Gasteiger partial charge in [-0.3, -0.25) is 0 Å². The van der Waals surface area contributed by atoms with Crippen LogP contribution in [0.5, 0.6) is 0 Å². The van der Waals surface area contributed by atoms with Crippen molar-refractivity contribution in [3.05, 3.63) is 0 Å². The molecule has 0 heterocycles. The molecule has 0 aliphatic heterocycles. The Hall–Kier alpha value is 0.700. The van der Waals surface area contributed by atoms with Crippen LogP contribution >= 0.6 is 23.5 Å². The topological polar surface area (TPSA) is 0 Å². The molecular weight excluding hydrogens is 328 g/mol. The SMILES string of the molecule is CCCCCCCCSC1CCC(SCCCCCCCC)CC1. The highest BCUT2D eigenvalue weighted by Crippen LogP contribution is 2.35. The molecule has 0 nitrogen and oxygen atoms in total. The molecule has 0 aromatic heterocycles. The normalized spacial score (nSPS) is 21.2. The van der Waals surface area contributed by atoms with Gasteiger partial charge in [-0.25, -0.2) is 0 Å².